The number of aryl methyl sites for hydroxylation is 1. The van der Waals surface area contributed by atoms with Crippen LogP contribution >= 0.6 is 0 Å². The molecule has 104 valence electrons. The summed E-state index contributed by atoms with van der Waals surface area (Å²) < 4.78 is 27.2. The molecule has 0 aromatic heterocycles. The summed E-state index contributed by atoms with van der Waals surface area (Å²) in [7, 11) is 0. The lowest BCUT2D eigenvalue weighted by molar-refractivity contribution is 0.511. The van der Waals surface area contributed by atoms with Gasteiger partial charge in [-0.3, -0.25) is 0 Å². The molecule has 0 radical (unpaired) electrons. The lowest BCUT2D eigenvalue weighted by atomic mass is 9.98. The Bertz CT molecular complexity index is 633. The highest BCUT2D eigenvalue weighted by Gasteiger charge is 2.20. The summed E-state index contributed by atoms with van der Waals surface area (Å²) in [4.78, 5) is 0. The van der Waals surface area contributed by atoms with Gasteiger partial charge in [-0.1, -0.05) is 30.3 Å². The van der Waals surface area contributed by atoms with E-state index in [1.165, 1.54) is 24.5 Å². The number of halogens is 2. The van der Waals surface area contributed by atoms with Gasteiger partial charge in [0.2, 0.25) is 0 Å². The zero-order valence-corrected chi connectivity index (χ0v) is 11.4. The Labute approximate surface area is 117 Å². The largest absolute Gasteiger partial charge is 0.310 e. The first-order valence-electron chi connectivity index (χ1n) is 6.92. The second-order valence-corrected chi connectivity index (χ2v) is 5.41. The summed E-state index contributed by atoms with van der Waals surface area (Å²) in [5.41, 5.74) is 3.21. The first-order valence-corrected chi connectivity index (χ1v) is 6.92. The van der Waals surface area contributed by atoms with E-state index in [2.05, 4.69) is 5.32 Å². The van der Waals surface area contributed by atoms with E-state index in [0.717, 1.165) is 23.7 Å². The highest BCUT2D eigenvalue weighted by Crippen LogP contribution is 2.28. The lowest BCUT2D eigenvalue weighted by Crippen LogP contribution is -2.15. The molecule has 20 heavy (non-hydrogen) atoms. The molecular formula is C17H17F2N. The van der Waals surface area contributed by atoms with Crippen molar-refractivity contribution in [2.75, 3.05) is 0 Å². The molecule has 0 saturated heterocycles. The number of nitrogens with one attached hydrogen (secondary N) is 1. The summed E-state index contributed by atoms with van der Waals surface area (Å²) >= 11 is 0. The maximum atomic E-state index is 13.8. The van der Waals surface area contributed by atoms with Crippen LogP contribution in [0.25, 0.3) is 11.1 Å². The fourth-order valence-corrected chi connectivity index (χ4v) is 2.40. The topological polar surface area (TPSA) is 12.0 Å². The molecule has 1 aliphatic carbocycles. The van der Waals surface area contributed by atoms with Crippen molar-refractivity contribution >= 4 is 0 Å². The Morgan fingerprint density at radius 1 is 1.10 bits per heavy atom. The number of benzene rings is 2. The van der Waals surface area contributed by atoms with E-state index in [4.69, 9.17) is 0 Å². The van der Waals surface area contributed by atoms with Gasteiger partial charge in [-0.05, 0) is 42.5 Å². The average Bonchev–Trinajstić information content (AvgIpc) is 3.24. The van der Waals surface area contributed by atoms with Gasteiger partial charge in [0.15, 0.2) is 11.6 Å². The molecule has 0 bridgehead atoms. The van der Waals surface area contributed by atoms with Crippen molar-refractivity contribution < 1.29 is 8.78 Å². The monoisotopic (exact) mass is 273 g/mol. The first kappa shape index (κ1) is 13.3. The Kier molecular flexibility index (Phi) is 3.53. The van der Waals surface area contributed by atoms with Crippen molar-refractivity contribution in [2.45, 2.75) is 32.4 Å². The maximum absolute atomic E-state index is 13.8. The van der Waals surface area contributed by atoms with Gasteiger partial charge in [-0.25, -0.2) is 8.78 Å². The van der Waals surface area contributed by atoms with Crippen molar-refractivity contribution in [2.24, 2.45) is 0 Å². The zero-order valence-electron chi connectivity index (χ0n) is 11.4. The van der Waals surface area contributed by atoms with E-state index in [1.54, 1.807) is 6.07 Å². The van der Waals surface area contributed by atoms with Crippen molar-refractivity contribution in [1.29, 1.82) is 0 Å². The van der Waals surface area contributed by atoms with E-state index in [1.807, 2.05) is 25.1 Å². The Morgan fingerprint density at radius 3 is 2.60 bits per heavy atom. The van der Waals surface area contributed by atoms with Gasteiger partial charge in [0, 0.05) is 18.2 Å². The Morgan fingerprint density at radius 2 is 1.90 bits per heavy atom. The normalized spacial score (nSPS) is 14.6. The molecular weight excluding hydrogens is 256 g/mol. The molecule has 0 spiro atoms. The van der Waals surface area contributed by atoms with Gasteiger partial charge in [0.1, 0.15) is 0 Å². The molecule has 0 aliphatic heterocycles. The molecule has 2 aromatic rings. The summed E-state index contributed by atoms with van der Waals surface area (Å²) in [5.74, 6) is -1.58. The fourth-order valence-electron chi connectivity index (χ4n) is 2.40. The van der Waals surface area contributed by atoms with Crippen LogP contribution in [0.5, 0.6) is 0 Å². The SMILES string of the molecule is Cc1cc(CNC2CC2)ccc1-c1cccc(F)c1F. The van der Waals surface area contributed by atoms with Crippen molar-refractivity contribution in [3.05, 3.63) is 59.2 Å². The van der Waals surface area contributed by atoms with E-state index < -0.39 is 11.6 Å². The van der Waals surface area contributed by atoms with E-state index >= 15 is 0 Å². The van der Waals surface area contributed by atoms with Crippen LogP contribution < -0.4 is 5.32 Å². The standard InChI is InChI=1S/C17H17F2N/c1-11-9-12(10-20-13-6-7-13)5-8-14(11)15-3-2-4-16(18)17(15)19/h2-5,8-9,13,20H,6-7,10H2,1H3. The molecule has 0 heterocycles. The lowest BCUT2D eigenvalue weighted by Gasteiger charge is -2.10. The minimum absolute atomic E-state index is 0.323. The van der Waals surface area contributed by atoms with E-state index in [9.17, 15) is 8.78 Å². The Balaban J connectivity index is 1.87. The van der Waals surface area contributed by atoms with Gasteiger partial charge in [-0.2, -0.15) is 0 Å². The van der Waals surface area contributed by atoms with Crippen molar-refractivity contribution in [3.63, 3.8) is 0 Å². The quantitative estimate of drug-likeness (QED) is 0.880. The van der Waals surface area contributed by atoms with Crippen LogP contribution in [0.1, 0.15) is 24.0 Å². The molecule has 0 atom stereocenters. The van der Waals surface area contributed by atoms with Gasteiger partial charge >= 0.3 is 0 Å². The molecule has 0 amide bonds. The third-order valence-electron chi connectivity index (χ3n) is 3.70. The minimum atomic E-state index is -0.804. The van der Waals surface area contributed by atoms with Crippen LogP contribution in [0.3, 0.4) is 0 Å². The number of rotatable bonds is 4. The third kappa shape index (κ3) is 2.73. The van der Waals surface area contributed by atoms with Crippen LogP contribution in [-0.4, -0.2) is 6.04 Å². The Hall–Kier alpha value is -1.74. The van der Waals surface area contributed by atoms with Crippen molar-refractivity contribution in [1.82, 2.24) is 5.32 Å². The van der Waals surface area contributed by atoms with Crippen LogP contribution in [0.2, 0.25) is 0 Å². The minimum Gasteiger partial charge on any atom is -0.310 e. The summed E-state index contributed by atoms with van der Waals surface area (Å²) in [6.07, 6.45) is 2.51. The van der Waals surface area contributed by atoms with Gasteiger partial charge in [0.25, 0.3) is 0 Å². The van der Waals surface area contributed by atoms with Crippen LogP contribution in [0.15, 0.2) is 36.4 Å². The second kappa shape index (κ2) is 5.33. The average molecular weight is 273 g/mol. The molecule has 1 nitrogen and oxygen atoms in total. The van der Waals surface area contributed by atoms with Crippen LogP contribution in [0.4, 0.5) is 8.78 Å². The van der Waals surface area contributed by atoms with Crippen LogP contribution in [-0.2, 0) is 6.54 Å². The molecule has 3 heteroatoms. The van der Waals surface area contributed by atoms with Crippen molar-refractivity contribution in [3.8, 4) is 11.1 Å². The highest BCUT2D eigenvalue weighted by atomic mass is 19.2. The smallest absolute Gasteiger partial charge is 0.166 e. The van der Waals surface area contributed by atoms with Gasteiger partial charge in [-0.15, -0.1) is 0 Å². The van der Waals surface area contributed by atoms with E-state index in [0.29, 0.717) is 11.6 Å². The van der Waals surface area contributed by atoms with E-state index in [-0.39, 0.29) is 0 Å². The summed E-state index contributed by atoms with van der Waals surface area (Å²) in [6, 6.07) is 10.8. The zero-order chi connectivity index (χ0) is 14.1. The molecule has 1 saturated carbocycles. The predicted octanol–water partition coefficient (Wildman–Crippen LogP) is 4.19. The number of hydrogen-bond donors (Lipinski definition) is 1. The molecule has 0 unspecified atom stereocenters. The highest BCUT2D eigenvalue weighted by molar-refractivity contribution is 5.68. The van der Waals surface area contributed by atoms with Gasteiger partial charge < -0.3 is 5.32 Å². The molecule has 2 aromatic carbocycles. The predicted molar refractivity (Wildman–Crippen MR) is 76.4 cm³/mol. The second-order valence-electron chi connectivity index (χ2n) is 5.41. The first-order chi connectivity index (χ1) is 9.65. The third-order valence-corrected chi connectivity index (χ3v) is 3.70. The molecule has 1 fully saturated rings. The van der Waals surface area contributed by atoms with Gasteiger partial charge in [0.05, 0.1) is 0 Å². The molecule has 1 N–H and O–H groups in total. The molecule has 3 rings (SSSR count). The molecule has 1 aliphatic rings. The van der Waals surface area contributed by atoms with Crippen LogP contribution in [0, 0.1) is 18.6 Å². The summed E-state index contributed by atoms with van der Waals surface area (Å²) in [6.45, 7) is 2.76. The maximum Gasteiger partial charge on any atom is 0.166 e. The number of hydrogen-bond acceptors (Lipinski definition) is 1. The summed E-state index contributed by atoms with van der Waals surface area (Å²) in [5, 5.41) is 3.45. The fraction of sp³-hybridized carbons (Fsp3) is 0.294.